The zero-order valence-electron chi connectivity index (χ0n) is 11.3. The lowest BCUT2D eigenvalue weighted by Crippen LogP contribution is -2.27. The Morgan fingerprint density at radius 1 is 1.47 bits per heavy atom. The summed E-state index contributed by atoms with van der Waals surface area (Å²) in [6.45, 7) is 2.14. The summed E-state index contributed by atoms with van der Waals surface area (Å²) in [5.41, 5.74) is 13.0. The van der Waals surface area contributed by atoms with E-state index in [1.807, 2.05) is 11.9 Å². The molecule has 0 bridgehead atoms. The Balaban J connectivity index is 1.96. The maximum Gasteiger partial charge on any atom is 0.250 e. The predicted molar refractivity (Wildman–Crippen MR) is 76.2 cm³/mol. The molecule has 0 unspecified atom stereocenters. The number of likely N-dealkylation sites (N-methyl/N-ethyl adjacent to an activating group) is 1. The average Bonchev–Trinajstić information content (AvgIpc) is 3.18. The Morgan fingerprint density at radius 2 is 2.21 bits per heavy atom. The van der Waals surface area contributed by atoms with E-state index in [1.165, 1.54) is 12.8 Å². The van der Waals surface area contributed by atoms with Crippen LogP contribution in [-0.4, -0.2) is 32.7 Å². The smallest absolute Gasteiger partial charge is 0.250 e. The second kappa shape index (κ2) is 5.93. The first kappa shape index (κ1) is 13.7. The third kappa shape index (κ3) is 3.61. The lowest BCUT2D eigenvalue weighted by atomic mass is 10.1. The van der Waals surface area contributed by atoms with Gasteiger partial charge in [0, 0.05) is 20.2 Å². The van der Waals surface area contributed by atoms with E-state index >= 15 is 0 Å². The van der Waals surface area contributed by atoms with Gasteiger partial charge in [-0.15, -0.1) is 0 Å². The van der Waals surface area contributed by atoms with Crippen molar-refractivity contribution in [2.24, 2.45) is 11.7 Å². The van der Waals surface area contributed by atoms with Crippen LogP contribution in [0, 0.1) is 5.92 Å². The molecule has 5 heteroatoms. The van der Waals surface area contributed by atoms with Crippen LogP contribution in [-0.2, 0) is 4.74 Å². The molecule has 0 saturated heterocycles. The summed E-state index contributed by atoms with van der Waals surface area (Å²) in [5, 5.41) is 0. The molecule has 1 fully saturated rings. The molecule has 0 spiro atoms. The fraction of sp³-hybridized carbons (Fsp3) is 0.500. The maximum absolute atomic E-state index is 11.4. The Morgan fingerprint density at radius 3 is 2.84 bits per heavy atom. The van der Waals surface area contributed by atoms with E-state index < -0.39 is 5.91 Å². The molecule has 1 saturated carbocycles. The van der Waals surface area contributed by atoms with Gasteiger partial charge >= 0.3 is 0 Å². The second-order valence-electron chi connectivity index (χ2n) is 5.05. The first-order chi connectivity index (χ1) is 9.09. The first-order valence-corrected chi connectivity index (χ1v) is 6.56. The van der Waals surface area contributed by atoms with E-state index in [0.29, 0.717) is 30.1 Å². The van der Waals surface area contributed by atoms with E-state index in [1.54, 1.807) is 18.2 Å². The fourth-order valence-electron chi connectivity index (χ4n) is 2.03. The van der Waals surface area contributed by atoms with Crippen molar-refractivity contribution in [3.8, 4) is 0 Å². The van der Waals surface area contributed by atoms with Gasteiger partial charge in [0.25, 0.3) is 5.91 Å². The maximum atomic E-state index is 11.4. The van der Waals surface area contributed by atoms with E-state index in [4.69, 9.17) is 16.2 Å². The molecule has 5 nitrogen and oxygen atoms in total. The highest BCUT2D eigenvalue weighted by molar-refractivity contribution is 6.01. The van der Waals surface area contributed by atoms with Gasteiger partial charge in [0.1, 0.15) is 0 Å². The normalized spacial score (nSPS) is 14.4. The van der Waals surface area contributed by atoms with Crippen molar-refractivity contribution < 1.29 is 9.53 Å². The minimum absolute atomic E-state index is 0.449. The Kier molecular flexibility index (Phi) is 4.27. The van der Waals surface area contributed by atoms with Gasteiger partial charge in [-0.05, 0) is 30.9 Å². The summed E-state index contributed by atoms with van der Waals surface area (Å²) < 4.78 is 5.59. The molecular weight excluding hydrogens is 242 g/mol. The van der Waals surface area contributed by atoms with Gasteiger partial charge in [-0.3, -0.25) is 4.79 Å². The fourth-order valence-corrected chi connectivity index (χ4v) is 2.03. The Hall–Kier alpha value is -1.75. The summed E-state index contributed by atoms with van der Waals surface area (Å²) in [4.78, 5) is 13.3. The molecule has 4 N–H and O–H groups in total. The summed E-state index contributed by atoms with van der Waals surface area (Å²) in [6.07, 6.45) is 2.57. The van der Waals surface area contributed by atoms with Crippen LogP contribution in [0.3, 0.4) is 0 Å². The minimum atomic E-state index is -0.465. The second-order valence-corrected chi connectivity index (χ2v) is 5.05. The number of ether oxygens (including phenoxy) is 1. The number of rotatable bonds is 7. The third-order valence-electron chi connectivity index (χ3n) is 3.34. The number of hydrogen-bond acceptors (Lipinski definition) is 4. The first-order valence-electron chi connectivity index (χ1n) is 6.56. The zero-order chi connectivity index (χ0) is 13.8. The van der Waals surface area contributed by atoms with Crippen LogP contribution >= 0.6 is 0 Å². The van der Waals surface area contributed by atoms with Gasteiger partial charge in [0.2, 0.25) is 0 Å². The summed E-state index contributed by atoms with van der Waals surface area (Å²) in [5.74, 6) is 0.293. The summed E-state index contributed by atoms with van der Waals surface area (Å²) in [6, 6.07) is 5.19. The quantitative estimate of drug-likeness (QED) is 0.572. The highest BCUT2D eigenvalue weighted by Crippen LogP contribution is 2.29. The van der Waals surface area contributed by atoms with Gasteiger partial charge in [-0.1, -0.05) is 6.07 Å². The SMILES string of the molecule is CN(CCOCC1CC1)c1c(N)cccc1C(N)=O. The molecule has 0 heterocycles. The predicted octanol–water partition coefficient (Wildman–Crippen LogP) is 1.23. The Bertz CT molecular complexity index is 458. The number of primary amides is 1. The topological polar surface area (TPSA) is 81.6 Å². The Labute approximate surface area is 113 Å². The largest absolute Gasteiger partial charge is 0.397 e. The van der Waals surface area contributed by atoms with E-state index in [-0.39, 0.29) is 0 Å². The number of hydrogen-bond donors (Lipinski definition) is 2. The monoisotopic (exact) mass is 263 g/mol. The van der Waals surface area contributed by atoms with Crippen molar-refractivity contribution in [1.82, 2.24) is 0 Å². The van der Waals surface area contributed by atoms with Crippen LogP contribution < -0.4 is 16.4 Å². The number of carbonyl (C=O) groups is 1. The van der Waals surface area contributed by atoms with Crippen LogP contribution in [0.2, 0.25) is 0 Å². The molecule has 0 atom stereocenters. The molecule has 0 aliphatic heterocycles. The van der Waals surface area contributed by atoms with Crippen molar-refractivity contribution in [3.63, 3.8) is 0 Å². The van der Waals surface area contributed by atoms with Gasteiger partial charge in [0.15, 0.2) is 0 Å². The van der Waals surface area contributed by atoms with Crippen molar-refractivity contribution in [2.45, 2.75) is 12.8 Å². The molecule has 1 amide bonds. The molecule has 2 rings (SSSR count). The van der Waals surface area contributed by atoms with E-state index in [2.05, 4.69) is 0 Å². The molecule has 1 aromatic carbocycles. The molecule has 1 aliphatic rings. The average molecular weight is 263 g/mol. The number of benzene rings is 1. The molecular formula is C14H21N3O2. The van der Waals surface area contributed by atoms with Crippen LogP contribution in [0.5, 0.6) is 0 Å². The van der Waals surface area contributed by atoms with E-state index in [9.17, 15) is 4.79 Å². The van der Waals surface area contributed by atoms with Crippen molar-refractivity contribution >= 4 is 17.3 Å². The number of para-hydroxylation sites is 1. The molecule has 0 radical (unpaired) electrons. The van der Waals surface area contributed by atoms with Gasteiger partial charge in [0.05, 0.1) is 23.5 Å². The van der Waals surface area contributed by atoms with Gasteiger partial charge < -0.3 is 21.1 Å². The number of anilines is 2. The lowest BCUT2D eigenvalue weighted by molar-refractivity contribution is 0.100. The number of nitrogens with two attached hydrogens (primary N) is 2. The number of carbonyl (C=O) groups excluding carboxylic acids is 1. The standard InChI is InChI=1S/C14H21N3O2/c1-17(7-8-19-9-10-5-6-10)13-11(14(16)18)3-2-4-12(13)15/h2-4,10H,5-9,15H2,1H3,(H2,16,18). The van der Waals surface area contributed by atoms with Crippen molar-refractivity contribution in [1.29, 1.82) is 0 Å². The molecule has 19 heavy (non-hydrogen) atoms. The van der Waals surface area contributed by atoms with Crippen LogP contribution in [0.25, 0.3) is 0 Å². The van der Waals surface area contributed by atoms with Crippen LogP contribution in [0.4, 0.5) is 11.4 Å². The minimum Gasteiger partial charge on any atom is -0.397 e. The number of amides is 1. The highest BCUT2D eigenvalue weighted by atomic mass is 16.5. The molecule has 1 aliphatic carbocycles. The molecule has 104 valence electrons. The van der Waals surface area contributed by atoms with Crippen molar-refractivity contribution in [2.75, 3.05) is 37.4 Å². The van der Waals surface area contributed by atoms with Crippen molar-refractivity contribution in [3.05, 3.63) is 23.8 Å². The summed E-state index contributed by atoms with van der Waals surface area (Å²) >= 11 is 0. The van der Waals surface area contributed by atoms with Crippen LogP contribution in [0.1, 0.15) is 23.2 Å². The van der Waals surface area contributed by atoms with Gasteiger partial charge in [-0.25, -0.2) is 0 Å². The van der Waals surface area contributed by atoms with Gasteiger partial charge in [-0.2, -0.15) is 0 Å². The molecule has 0 aromatic heterocycles. The number of nitrogen functional groups attached to an aromatic ring is 1. The highest BCUT2D eigenvalue weighted by Gasteiger charge is 2.21. The molecule has 1 aromatic rings. The zero-order valence-corrected chi connectivity index (χ0v) is 11.3. The third-order valence-corrected chi connectivity index (χ3v) is 3.34. The van der Waals surface area contributed by atoms with E-state index in [0.717, 1.165) is 12.5 Å². The van der Waals surface area contributed by atoms with Crippen LogP contribution in [0.15, 0.2) is 18.2 Å². The number of nitrogens with zero attached hydrogens (tertiary/aromatic N) is 1. The lowest BCUT2D eigenvalue weighted by Gasteiger charge is -2.23. The summed E-state index contributed by atoms with van der Waals surface area (Å²) in [7, 11) is 1.89.